The van der Waals surface area contributed by atoms with Crippen LogP contribution < -0.4 is 10.1 Å². The van der Waals surface area contributed by atoms with Gasteiger partial charge < -0.3 is 15.0 Å². The zero-order valence-electron chi connectivity index (χ0n) is 13.5. The van der Waals surface area contributed by atoms with Crippen molar-refractivity contribution in [3.63, 3.8) is 0 Å². The van der Waals surface area contributed by atoms with Crippen LogP contribution in [-0.4, -0.2) is 37.6 Å². The Morgan fingerprint density at radius 2 is 1.90 bits per heavy atom. The minimum atomic E-state index is 0.119. The molecule has 1 amide bonds. The molecule has 0 aliphatic heterocycles. The molecule has 0 fully saturated rings. The number of benzene rings is 1. The van der Waals surface area contributed by atoms with Crippen LogP contribution >= 0.6 is 0 Å². The summed E-state index contributed by atoms with van der Waals surface area (Å²) < 4.78 is 5.67. The minimum Gasteiger partial charge on any atom is -0.494 e. The van der Waals surface area contributed by atoms with Gasteiger partial charge >= 0.3 is 0 Å². The summed E-state index contributed by atoms with van der Waals surface area (Å²) in [5.74, 6) is 1.03. The standard InChI is InChI=1S/C17H28N2O2/c1-4-6-7-12-21-16-10-8-15(9-11-16)13-18-14-17(20)19(3)5-2/h8-11,18H,4-7,12-14H2,1-3H3. The van der Waals surface area contributed by atoms with Gasteiger partial charge in [-0.25, -0.2) is 0 Å². The summed E-state index contributed by atoms with van der Waals surface area (Å²) in [6.07, 6.45) is 3.52. The number of rotatable bonds is 10. The van der Waals surface area contributed by atoms with Gasteiger partial charge in [-0.05, 0) is 31.0 Å². The van der Waals surface area contributed by atoms with Crippen molar-refractivity contribution in [2.75, 3.05) is 26.7 Å². The highest BCUT2D eigenvalue weighted by Gasteiger charge is 2.05. The van der Waals surface area contributed by atoms with Crippen LogP contribution in [-0.2, 0) is 11.3 Å². The first kappa shape index (κ1) is 17.5. The first-order valence-electron chi connectivity index (χ1n) is 7.83. The minimum absolute atomic E-state index is 0.119. The van der Waals surface area contributed by atoms with Gasteiger partial charge in [0.2, 0.25) is 5.91 Å². The van der Waals surface area contributed by atoms with Crippen LogP contribution in [0.25, 0.3) is 0 Å². The molecule has 0 saturated carbocycles. The van der Waals surface area contributed by atoms with Crippen LogP contribution in [0.5, 0.6) is 5.75 Å². The molecule has 118 valence electrons. The van der Waals surface area contributed by atoms with Crippen molar-refractivity contribution in [3.05, 3.63) is 29.8 Å². The molecular weight excluding hydrogens is 264 g/mol. The lowest BCUT2D eigenvalue weighted by molar-refractivity contribution is -0.128. The maximum atomic E-state index is 11.6. The van der Waals surface area contributed by atoms with E-state index in [1.807, 2.05) is 38.2 Å². The van der Waals surface area contributed by atoms with Gasteiger partial charge in [0, 0.05) is 20.1 Å². The fraction of sp³-hybridized carbons (Fsp3) is 0.588. The topological polar surface area (TPSA) is 41.6 Å². The van der Waals surface area contributed by atoms with Crippen molar-refractivity contribution in [2.24, 2.45) is 0 Å². The number of likely N-dealkylation sites (N-methyl/N-ethyl adjacent to an activating group) is 1. The molecule has 0 heterocycles. The van der Waals surface area contributed by atoms with Crippen LogP contribution in [0.3, 0.4) is 0 Å². The number of nitrogens with zero attached hydrogens (tertiary/aromatic N) is 1. The number of hydrogen-bond acceptors (Lipinski definition) is 3. The Hall–Kier alpha value is -1.55. The lowest BCUT2D eigenvalue weighted by Crippen LogP contribution is -2.35. The molecule has 4 nitrogen and oxygen atoms in total. The number of hydrogen-bond donors (Lipinski definition) is 1. The molecule has 0 saturated heterocycles. The smallest absolute Gasteiger partial charge is 0.236 e. The number of carbonyl (C=O) groups is 1. The number of unbranched alkanes of at least 4 members (excludes halogenated alkanes) is 2. The Balaban J connectivity index is 2.26. The van der Waals surface area contributed by atoms with Gasteiger partial charge in [0.15, 0.2) is 0 Å². The maximum absolute atomic E-state index is 11.6. The zero-order valence-corrected chi connectivity index (χ0v) is 13.5. The molecule has 4 heteroatoms. The molecule has 1 aromatic rings. The van der Waals surface area contributed by atoms with Crippen molar-refractivity contribution >= 4 is 5.91 Å². The van der Waals surface area contributed by atoms with Crippen molar-refractivity contribution in [2.45, 2.75) is 39.7 Å². The molecule has 0 spiro atoms. The first-order chi connectivity index (χ1) is 10.2. The van der Waals surface area contributed by atoms with E-state index in [0.29, 0.717) is 13.1 Å². The van der Waals surface area contributed by atoms with Crippen molar-refractivity contribution in [1.82, 2.24) is 10.2 Å². The third-order valence-corrected chi connectivity index (χ3v) is 3.45. The largest absolute Gasteiger partial charge is 0.494 e. The summed E-state index contributed by atoms with van der Waals surface area (Å²) in [5.41, 5.74) is 1.16. The van der Waals surface area contributed by atoms with E-state index in [0.717, 1.165) is 30.9 Å². The summed E-state index contributed by atoms with van der Waals surface area (Å²) in [7, 11) is 1.81. The molecule has 1 N–H and O–H groups in total. The molecule has 0 atom stereocenters. The Labute approximate surface area is 128 Å². The van der Waals surface area contributed by atoms with E-state index in [1.165, 1.54) is 12.8 Å². The van der Waals surface area contributed by atoms with Gasteiger partial charge in [0.05, 0.1) is 13.2 Å². The molecule has 1 aromatic carbocycles. The number of carbonyl (C=O) groups excluding carboxylic acids is 1. The third kappa shape index (κ3) is 7.14. The van der Waals surface area contributed by atoms with E-state index in [4.69, 9.17) is 4.74 Å². The van der Waals surface area contributed by atoms with Crippen molar-refractivity contribution in [3.8, 4) is 5.75 Å². The second-order valence-corrected chi connectivity index (χ2v) is 5.21. The normalized spacial score (nSPS) is 10.4. The average Bonchev–Trinajstić information content (AvgIpc) is 2.52. The van der Waals surface area contributed by atoms with Gasteiger partial charge in [0.25, 0.3) is 0 Å². The summed E-state index contributed by atoms with van der Waals surface area (Å²) in [5, 5.41) is 3.16. The second-order valence-electron chi connectivity index (χ2n) is 5.21. The fourth-order valence-electron chi connectivity index (χ4n) is 1.87. The van der Waals surface area contributed by atoms with Crippen LogP contribution in [0, 0.1) is 0 Å². The van der Waals surface area contributed by atoms with E-state index in [-0.39, 0.29) is 5.91 Å². The third-order valence-electron chi connectivity index (χ3n) is 3.45. The highest BCUT2D eigenvalue weighted by atomic mass is 16.5. The Bertz CT molecular complexity index is 404. The Morgan fingerprint density at radius 1 is 1.19 bits per heavy atom. The van der Waals surface area contributed by atoms with Crippen molar-refractivity contribution in [1.29, 1.82) is 0 Å². The Morgan fingerprint density at radius 3 is 2.52 bits per heavy atom. The number of nitrogens with one attached hydrogen (secondary N) is 1. The van der Waals surface area contributed by atoms with Crippen LogP contribution in [0.1, 0.15) is 38.7 Å². The van der Waals surface area contributed by atoms with E-state index in [9.17, 15) is 4.79 Å². The van der Waals surface area contributed by atoms with Gasteiger partial charge in [0.1, 0.15) is 5.75 Å². The molecule has 1 rings (SSSR count). The quantitative estimate of drug-likeness (QED) is 0.674. The predicted octanol–water partition coefficient (Wildman–Crippen LogP) is 2.82. The lowest BCUT2D eigenvalue weighted by Gasteiger charge is -2.14. The molecule has 0 aromatic heterocycles. The molecule has 0 aliphatic rings. The lowest BCUT2D eigenvalue weighted by atomic mass is 10.2. The van der Waals surface area contributed by atoms with Gasteiger partial charge in [-0.3, -0.25) is 4.79 Å². The predicted molar refractivity (Wildman–Crippen MR) is 86.5 cm³/mol. The molecule has 0 unspecified atom stereocenters. The monoisotopic (exact) mass is 292 g/mol. The zero-order chi connectivity index (χ0) is 15.5. The van der Waals surface area contributed by atoms with Crippen molar-refractivity contribution < 1.29 is 9.53 Å². The molecular formula is C17H28N2O2. The molecule has 21 heavy (non-hydrogen) atoms. The summed E-state index contributed by atoms with van der Waals surface area (Å²) in [4.78, 5) is 13.3. The average molecular weight is 292 g/mol. The highest BCUT2D eigenvalue weighted by molar-refractivity contribution is 5.77. The number of ether oxygens (including phenoxy) is 1. The van der Waals surface area contributed by atoms with Crippen LogP contribution in [0.4, 0.5) is 0 Å². The SMILES string of the molecule is CCCCCOc1ccc(CNCC(=O)N(C)CC)cc1. The van der Waals surface area contributed by atoms with E-state index in [1.54, 1.807) is 4.90 Å². The molecule has 0 radical (unpaired) electrons. The fourth-order valence-corrected chi connectivity index (χ4v) is 1.87. The van der Waals surface area contributed by atoms with E-state index in [2.05, 4.69) is 12.2 Å². The maximum Gasteiger partial charge on any atom is 0.236 e. The summed E-state index contributed by atoms with van der Waals surface area (Å²) in [6.45, 7) is 6.74. The van der Waals surface area contributed by atoms with Gasteiger partial charge in [-0.15, -0.1) is 0 Å². The summed E-state index contributed by atoms with van der Waals surface area (Å²) >= 11 is 0. The summed E-state index contributed by atoms with van der Waals surface area (Å²) in [6, 6.07) is 8.05. The number of amides is 1. The first-order valence-corrected chi connectivity index (χ1v) is 7.83. The Kier molecular flexibility index (Phi) is 8.51. The second kappa shape index (κ2) is 10.2. The highest BCUT2D eigenvalue weighted by Crippen LogP contribution is 2.12. The van der Waals surface area contributed by atoms with E-state index < -0.39 is 0 Å². The molecule has 0 bridgehead atoms. The molecule has 0 aliphatic carbocycles. The van der Waals surface area contributed by atoms with E-state index >= 15 is 0 Å². The van der Waals surface area contributed by atoms with Gasteiger partial charge in [-0.1, -0.05) is 31.9 Å². The van der Waals surface area contributed by atoms with Crippen LogP contribution in [0.2, 0.25) is 0 Å². The van der Waals surface area contributed by atoms with Gasteiger partial charge in [-0.2, -0.15) is 0 Å². The van der Waals surface area contributed by atoms with Crippen LogP contribution in [0.15, 0.2) is 24.3 Å².